The van der Waals surface area contributed by atoms with Crippen LogP contribution in [-0.4, -0.2) is 19.1 Å². The molecule has 1 amide bonds. The summed E-state index contributed by atoms with van der Waals surface area (Å²) in [7, 11) is 1.60. The van der Waals surface area contributed by atoms with Gasteiger partial charge in [-0.2, -0.15) is 0 Å². The van der Waals surface area contributed by atoms with E-state index in [2.05, 4.69) is 5.32 Å². The normalized spacial score (nSPS) is 13.2. The van der Waals surface area contributed by atoms with Gasteiger partial charge in [0.05, 0.1) is 13.2 Å². The lowest BCUT2D eigenvalue weighted by Gasteiger charge is -2.17. The van der Waals surface area contributed by atoms with Crippen LogP contribution < -0.4 is 15.8 Å². The molecule has 0 bridgehead atoms. The Balaban J connectivity index is 1.89. The Morgan fingerprint density at radius 3 is 2.71 bits per heavy atom. The fraction of sp³-hybridized carbons (Fsp3) is 0.316. The molecule has 0 radical (unpaired) electrons. The van der Waals surface area contributed by atoms with Gasteiger partial charge in [0, 0.05) is 12.5 Å². The van der Waals surface area contributed by atoms with Crippen LogP contribution in [0.25, 0.3) is 0 Å². The van der Waals surface area contributed by atoms with E-state index in [4.69, 9.17) is 10.5 Å². The van der Waals surface area contributed by atoms with Gasteiger partial charge in [-0.1, -0.05) is 30.3 Å². The second-order valence-electron chi connectivity index (χ2n) is 5.83. The van der Waals surface area contributed by atoms with Crippen LogP contribution in [0, 0.1) is 5.82 Å². The van der Waals surface area contributed by atoms with Gasteiger partial charge in [0.2, 0.25) is 5.91 Å². The Morgan fingerprint density at radius 1 is 1.25 bits per heavy atom. The number of rotatable bonds is 7. The molecule has 0 aromatic heterocycles. The first-order chi connectivity index (χ1) is 11.5. The van der Waals surface area contributed by atoms with Gasteiger partial charge in [0.1, 0.15) is 11.6 Å². The standard InChI is InChI=1S/C19H23FN2O2/c1-13(14-7-5-8-17(11-14)24-2)22-19(23)12-16(21)10-15-6-3-4-9-18(15)20/h3-9,11,13,16H,10,12,21H2,1-2H3,(H,22,23)/t13-,16+/m0/s1. The highest BCUT2D eigenvalue weighted by molar-refractivity contribution is 5.77. The maximum atomic E-state index is 13.6. The monoisotopic (exact) mass is 330 g/mol. The van der Waals surface area contributed by atoms with Crippen molar-refractivity contribution < 1.29 is 13.9 Å². The van der Waals surface area contributed by atoms with Crippen LogP contribution in [-0.2, 0) is 11.2 Å². The first-order valence-corrected chi connectivity index (χ1v) is 7.92. The van der Waals surface area contributed by atoms with Gasteiger partial charge in [-0.15, -0.1) is 0 Å². The minimum absolute atomic E-state index is 0.142. The lowest BCUT2D eigenvalue weighted by Crippen LogP contribution is -2.34. The number of carbonyl (C=O) groups is 1. The van der Waals surface area contributed by atoms with Crippen LogP contribution in [0.1, 0.15) is 30.5 Å². The second-order valence-corrected chi connectivity index (χ2v) is 5.83. The highest BCUT2D eigenvalue weighted by atomic mass is 19.1. The molecule has 2 aromatic rings. The van der Waals surface area contributed by atoms with Gasteiger partial charge >= 0.3 is 0 Å². The van der Waals surface area contributed by atoms with Crippen molar-refractivity contribution in [3.8, 4) is 5.75 Å². The summed E-state index contributed by atoms with van der Waals surface area (Å²) in [5.41, 5.74) is 7.46. The quantitative estimate of drug-likeness (QED) is 0.820. The molecule has 5 heteroatoms. The van der Waals surface area contributed by atoms with E-state index in [0.717, 1.165) is 11.3 Å². The molecule has 0 heterocycles. The van der Waals surface area contributed by atoms with Gasteiger partial charge in [0.15, 0.2) is 0 Å². The molecule has 0 saturated heterocycles. The van der Waals surface area contributed by atoms with Crippen LogP contribution in [0.4, 0.5) is 4.39 Å². The molecular weight excluding hydrogens is 307 g/mol. The second kappa shape index (κ2) is 8.45. The summed E-state index contributed by atoms with van der Waals surface area (Å²) in [6.45, 7) is 1.90. The largest absolute Gasteiger partial charge is 0.497 e. The van der Waals surface area contributed by atoms with Gasteiger partial charge in [-0.05, 0) is 42.7 Å². The molecule has 0 aliphatic rings. The molecule has 3 N–H and O–H groups in total. The fourth-order valence-corrected chi connectivity index (χ4v) is 2.55. The molecule has 0 fully saturated rings. The highest BCUT2D eigenvalue weighted by Crippen LogP contribution is 2.19. The summed E-state index contributed by atoms with van der Waals surface area (Å²) in [5.74, 6) is 0.289. The Bertz CT molecular complexity index is 691. The number of halogens is 1. The zero-order chi connectivity index (χ0) is 17.5. The van der Waals surface area contributed by atoms with Crippen molar-refractivity contribution in [3.05, 3.63) is 65.5 Å². The number of nitrogens with one attached hydrogen (secondary N) is 1. The summed E-state index contributed by atoms with van der Waals surface area (Å²) < 4.78 is 18.8. The number of hydrogen-bond donors (Lipinski definition) is 2. The van der Waals surface area contributed by atoms with Crippen molar-refractivity contribution in [3.63, 3.8) is 0 Å². The average Bonchev–Trinajstić information content (AvgIpc) is 2.56. The minimum atomic E-state index is -0.431. The molecule has 0 spiro atoms. The van der Waals surface area contributed by atoms with E-state index in [9.17, 15) is 9.18 Å². The Kier molecular flexibility index (Phi) is 6.32. The number of ether oxygens (including phenoxy) is 1. The lowest BCUT2D eigenvalue weighted by molar-refractivity contribution is -0.122. The van der Waals surface area contributed by atoms with Crippen LogP contribution >= 0.6 is 0 Å². The maximum Gasteiger partial charge on any atom is 0.222 e. The molecule has 2 rings (SSSR count). The van der Waals surface area contributed by atoms with Gasteiger partial charge in [0.25, 0.3) is 0 Å². The molecule has 2 aromatic carbocycles. The predicted molar refractivity (Wildman–Crippen MR) is 92.2 cm³/mol. The SMILES string of the molecule is COc1cccc([C@H](C)NC(=O)C[C@H](N)Cc2ccccc2F)c1. The van der Waals surface area contributed by atoms with E-state index >= 15 is 0 Å². The van der Waals surface area contributed by atoms with Crippen molar-refractivity contribution in [2.75, 3.05) is 7.11 Å². The van der Waals surface area contributed by atoms with Crippen molar-refractivity contribution in [2.45, 2.75) is 31.8 Å². The summed E-state index contributed by atoms with van der Waals surface area (Å²) >= 11 is 0. The topological polar surface area (TPSA) is 64.3 Å². The van der Waals surface area contributed by atoms with Crippen molar-refractivity contribution in [1.82, 2.24) is 5.32 Å². The third kappa shape index (κ3) is 5.06. The molecule has 2 atom stereocenters. The first-order valence-electron chi connectivity index (χ1n) is 7.92. The number of nitrogens with two attached hydrogens (primary N) is 1. The summed E-state index contributed by atoms with van der Waals surface area (Å²) in [5, 5.41) is 2.91. The highest BCUT2D eigenvalue weighted by Gasteiger charge is 2.15. The third-order valence-electron chi connectivity index (χ3n) is 3.86. The zero-order valence-corrected chi connectivity index (χ0v) is 14.0. The Labute approximate surface area is 141 Å². The van der Waals surface area contributed by atoms with Crippen molar-refractivity contribution in [2.24, 2.45) is 5.73 Å². The lowest BCUT2D eigenvalue weighted by atomic mass is 10.0. The summed E-state index contributed by atoms with van der Waals surface area (Å²) in [6.07, 6.45) is 0.469. The van der Waals surface area contributed by atoms with Gasteiger partial charge in [-0.25, -0.2) is 4.39 Å². The fourth-order valence-electron chi connectivity index (χ4n) is 2.55. The maximum absolute atomic E-state index is 13.6. The molecule has 4 nitrogen and oxygen atoms in total. The predicted octanol–water partition coefficient (Wildman–Crippen LogP) is 2.97. The van der Waals surface area contributed by atoms with E-state index in [1.807, 2.05) is 31.2 Å². The van der Waals surface area contributed by atoms with E-state index in [0.29, 0.717) is 12.0 Å². The smallest absolute Gasteiger partial charge is 0.222 e. The van der Waals surface area contributed by atoms with E-state index in [1.54, 1.807) is 25.3 Å². The van der Waals surface area contributed by atoms with Crippen LogP contribution in [0.15, 0.2) is 48.5 Å². The number of amides is 1. The van der Waals surface area contributed by atoms with E-state index in [-0.39, 0.29) is 24.2 Å². The van der Waals surface area contributed by atoms with Gasteiger partial charge < -0.3 is 15.8 Å². The zero-order valence-electron chi connectivity index (χ0n) is 14.0. The molecule has 128 valence electrons. The van der Waals surface area contributed by atoms with Crippen molar-refractivity contribution >= 4 is 5.91 Å². The number of hydrogen-bond acceptors (Lipinski definition) is 3. The van der Waals surface area contributed by atoms with E-state index in [1.165, 1.54) is 6.07 Å². The molecular formula is C19H23FN2O2. The molecule has 0 aliphatic carbocycles. The molecule has 0 saturated carbocycles. The average molecular weight is 330 g/mol. The first kappa shape index (κ1) is 17.9. The number of carbonyl (C=O) groups excluding carboxylic acids is 1. The molecule has 0 aliphatic heterocycles. The number of benzene rings is 2. The Morgan fingerprint density at radius 2 is 2.00 bits per heavy atom. The van der Waals surface area contributed by atoms with Gasteiger partial charge in [-0.3, -0.25) is 4.79 Å². The van der Waals surface area contributed by atoms with Crippen LogP contribution in [0.2, 0.25) is 0 Å². The molecule has 0 unspecified atom stereocenters. The number of methoxy groups -OCH3 is 1. The minimum Gasteiger partial charge on any atom is -0.497 e. The summed E-state index contributed by atoms with van der Waals surface area (Å²) in [4.78, 5) is 12.2. The summed E-state index contributed by atoms with van der Waals surface area (Å²) in [6, 6.07) is 13.4. The Hall–Kier alpha value is -2.40. The van der Waals surface area contributed by atoms with Crippen LogP contribution in [0.3, 0.4) is 0 Å². The van der Waals surface area contributed by atoms with Crippen molar-refractivity contribution in [1.29, 1.82) is 0 Å². The van der Waals surface area contributed by atoms with Crippen LogP contribution in [0.5, 0.6) is 5.75 Å². The van der Waals surface area contributed by atoms with E-state index < -0.39 is 6.04 Å². The molecule has 24 heavy (non-hydrogen) atoms. The third-order valence-corrected chi connectivity index (χ3v) is 3.86.